The first kappa shape index (κ1) is 11.3. The molecular weight excluding hydrogens is 202 g/mol. The van der Waals surface area contributed by atoms with Gasteiger partial charge in [0, 0.05) is 6.42 Å². The van der Waals surface area contributed by atoms with Crippen LogP contribution in [0.25, 0.3) is 0 Å². The highest BCUT2D eigenvalue weighted by atomic mass is 16.5. The van der Waals surface area contributed by atoms with Gasteiger partial charge in [0.2, 0.25) is 0 Å². The summed E-state index contributed by atoms with van der Waals surface area (Å²) in [6.07, 6.45) is 5.99. The van der Waals surface area contributed by atoms with Crippen molar-refractivity contribution in [3.63, 3.8) is 0 Å². The van der Waals surface area contributed by atoms with Crippen LogP contribution >= 0.6 is 0 Å². The van der Waals surface area contributed by atoms with Crippen LogP contribution < -0.4 is 5.32 Å². The van der Waals surface area contributed by atoms with E-state index in [1.165, 1.54) is 5.56 Å². The minimum Gasteiger partial charge on any atom is -0.496 e. The van der Waals surface area contributed by atoms with Gasteiger partial charge in [0.25, 0.3) is 0 Å². The van der Waals surface area contributed by atoms with Gasteiger partial charge in [0.05, 0.1) is 12.9 Å². The zero-order chi connectivity index (χ0) is 11.4. The molecular formula is C13H19NO2. The maximum Gasteiger partial charge on any atom is 0.131 e. The van der Waals surface area contributed by atoms with Gasteiger partial charge in [0.15, 0.2) is 0 Å². The Balaban J connectivity index is 2.17. The summed E-state index contributed by atoms with van der Waals surface area (Å²) in [4.78, 5) is 0. The molecule has 3 nitrogen and oxygen atoms in total. The molecule has 1 unspecified atom stereocenters. The summed E-state index contributed by atoms with van der Waals surface area (Å²) in [7, 11) is 0. The molecule has 0 aliphatic carbocycles. The highest BCUT2D eigenvalue weighted by Crippen LogP contribution is 2.29. The van der Waals surface area contributed by atoms with E-state index in [2.05, 4.69) is 25.2 Å². The Morgan fingerprint density at radius 1 is 1.50 bits per heavy atom. The third kappa shape index (κ3) is 2.30. The maximum atomic E-state index is 5.63. The van der Waals surface area contributed by atoms with Crippen molar-refractivity contribution in [1.82, 2.24) is 5.32 Å². The molecule has 1 N–H and O–H groups in total. The average molecular weight is 221 g/mol. The fourth-order valence-electron chi connectivity index (χ4n) is 1.93. The summed E-state index contributed by atoms with van der Waals surface area (Å²) in [5.41, 5.74) is 1.17. The molecule has 2 heterocycles. The van der Waals surface area contributed by atoms with E-state index in [0.29, 0.717) is 0 Å². The van der Waals surface area contributed by atoms with Crippen LogP contribution in [-0.2, 0) is 4.74 Å². The highest BCUT2D eigenvalue weighted by Gasteiger charge is 2.24. The molecule has 1 aliphatic heterocycles. The topological polar surface area (TPSA) is 34.4 Å². The lowest BCUT2D eigenvalue weighted by atomic mass is 10.1. The van der Waals surface area contributed by atoms with Crippen molar-refractivity contribution in [1.29, 1.82) is 0 Å². The minimum atomic E-state index is 0.0810. The molecule has 1 aromatic rings. The molecule has 0 bridgehead atoms. The second-order valence-electron chi connectivity index (χ2n) is 4.10. The fraction of sp³-hybridized carbons (Fsp3) is 0.538. The van der Waals surface area contributed by atoms with Crippen LogP contribution in [0.15, 0.2) is 28.6 Å². The average Bonchev–Trinajstić information content (AvgIpc) is 2.91. The summed E-state index contributed by atoms with van der Waals surface area (Å²) >= 11 is 0. The molecule has 0 fully saturated rings. The van der Waals surface area contributed by atoms with Crippen molar-refractivity contribution >= 4 is 0 Å². The zero-order valence-corrected chi connectivity index (χ0v) is 9.95. The predicted molar refractivity (Wildman–Crippen MR) is 63.1 cm³/mol. The second kappa shape index (κ2) is 5.21. The molecule has 0 saturated heterocycles. The molecule has 0 aromatic carbocycles. The zero-order valence-electron chi connectivity index (χ0n) is 9.95. The van der Waals surface area contributed by atoms with Gasteiger partial charge in [-0.25, -0.2) is 0 Å². The molecule has 0 spiro atoms. The first-order valence-electron chi connectivity index (χ1n) is 5.93. The van der Waals surface area contributed by atoms with Crippen LogP contribution in [0.1, 0.15) is 37.1 Å². The van der Waals surface area contributed by atoms with Gasteiger partial charge in [0.1, 0.15) is 17.6 Å². The number of nitrogens with one attached hydrogen (secondary N) is 1. The van der Waals surface area contributed by atoms with Gasteiger partial charge >= 0.3 is 0 Å². The van der Waals surface area contributed by atoms with E-state index in [-0.39, 0.29) is 6.04 Å². The quantitative estimate of drug-likeness (QED) is 0.830. The third-order valence-electron chi connectivity index (χ3n) is 2.78. The van der Waals surface area contributed by atoms with Crippen molar-refractivity contribution in [3.05, 3.63) is 35.5 Å². The van der Waals surface area contributed by atoms with Gasteiger partial charge in [-0.2, -0.15) is 0 Å². The Kier molecular flexibility index (Phi) is 3.67. The lowest BCUT2D eigenvalue weighted by Gasteiger charge is -2.18. The van der Waals surface area contributed by atoms with E-state index in [4.69, 9.17) is 9.15 Å². The van der Waals surface area contributed by atoms with E-state index in [1.54, 1.807) is 6.26 Å². The number of aryl methyl sites for hydroxylation is 1. The van der Waals surface area contributed by atoms with Crippen molar-refractivity contribution in [2.45, 2.75) is 32.7 Å². The Bertz CT molecular complexity index is 368. The first-order valence-corrected chi connectivity index (χ1v) is 5.93. The summed E-state index contributed by atoms with van der Waals surface area (Å²) in [6, 6.07) is 2.07. The molecule has 16 heavy (non-hydrogen) atoms. The van der Waals surface area contributed by atoms with Crippen molar-refractivity contribution in [2.24, 2.45) is 0 Å². The molecule has 1 atom stereocenters. The van der Waals surface area contributed by atoms with E-state index in [0.717, 1.165) is 37.5 Å². The number of hydrogen-bond acceptors (Lipinski definition) is 3. The van der Waals surface area contributed by atoms with Crippen LogP contribution in [0.4, 0.5) is 0 Å². The minimum absolute atomic E-state index is 0.0810. The molecule has 1 aromatic heterocycles. The predicted octanol–water partition coefficient (Wildman–Crippen LogP) is 2.93. The first-order chi connectivity index (χ1) is 7.83. The van der Waals surface area contributed by atoms with E-state index in [9.17, 15) is 0 Å². The number of furan rings is 1. The van der Waals surface area contributed by atoms with Gasteiger partial charge in [-0.3, -0.25) is 0 Å². The largest absolute Gasteiger partial charge is 0.496 e. The highest BCUT2D eigenvalue weighted by molar-refractivity contribution is 5.25. The van der Waals surface area contributed by atoms with Crippen LogP contribution in [0.2, 0.25) is 0 Å². The van der Waals surface area contributed by atoms with Gasteiger partial charge in [-0.15, -0.1) is 0 Å². The van der Waals surface area contributed by atoms with Gasteiger partial charge in [-0.1, -0.05) is 6.92 Å². The molecule has 0 saturated carbocycles. The van der Waals surface area contributed by atoms with E-state index < -0.39 is 0 Å². The van der Waals surface area contributed by atoms with Crippen LogP contribution in [0.3, 0.4) is 0 Å². The lowest BCUT2D eigenvalue weighted by molar-refractivity contribution is 0.207. The van der Waals surface area contributed by atoms with Crippen molar-refractivity contribution < 1.29 is 9.15 Å². The standard InChI is InChI=1S/C13H19NO2/c1-3-7-14-12(11-5-4-8-15-11)13-10(2)6-9-16-13/h5-6,9,12,14H,3-4,7-8H2,1-2H3. The second-order valence-corrected chi connectivity index (χ2v) is 4.10. The van der Waals surface area contributed by atoms with Crippen LogP contribution in [0.5, 0.6) is 0 Å². The smallest absolute Gasteiger partial charge is 0.131 e. The molecule has 2 rings (SSSR count). The van der Waals surface area contributed by atoms with Crippen LogP contribution in [-0.4, -0.2) is 13.2 Å². The molecule has 0 amide bonds. The third-order valence-corrected chi connectivity index (χ3v) is 2.78. The van der Waals surface area contributed by atoms with Crippen LogP contribution in [0, 0.1) is 6.92 Å². The molecule has 88 valence electrons. The Hall–Kier alpha value is -1.22. The SMILES string of the molecule is CCCNC(C1=CCCO1)c1occc1C. The summed E-state index contributed by atoms with van der Waals surface area (Å²) in [5, 5.41) is 3.47. The lowest BCUT2D eigenvalue weighted by Crippen LogP contribution is -2.24. The molecule has 1 aliphatic rings. The number of ether oxygens (including phenoxy) is 1. The maximum absolute atomic E-state index is 5.63. The van der Waals surface area contributed by atoms with E-state index in [1.807, 2.05) is 6.07 Å². The van der Waals surface area contributed by atoms with Gasteiger partial charge < -0.3 is 14.5 Å². The summed E-state index contributed by atoms with van der Waals surface area (Å²) in [5.74, 6) is 1.98. The Morgan fingerprint density at radius 2 is 2.38 bits per heavy atom. The fourth-order valence-corrected chi connectivity index (χ4v) is 1.93. The van der Waals surface area contributed by atoms with Gasteiger partial charge in [-0.05, 0) is 37.6 Å². The molecule has 0 radical (unpaired) electrons. The monoisotopic (exact) mass is 221 g/mol. The van der Waals surface area contributed by atoms with E-state index >= 15 is 0 Å². The number of hydrogen-bond donors (Lipinski definition) is 1. The summed E-state index contributed by atoms with van der Waals surface area (Å²) < 4.78 is 11.2. The van der Waals surface area contributed by atoms with Crippen molar-refractivity contribution in [2.75, 3.05) is 13.2 Å². The Labute approximate surface area is 96.5 Å². The molecule has 3 heteroatoms. The number of rotatable bonds is 5. The summed E-state index contributed by atoms with van der Waals surface area (Å²) in [6.45, 7) is 5.98. The normalized spacial score (nSPS) is 17.0. The Morgan fingerprint density at radius 3 is 2.94 bits per heavy atom. The van der Waals surface area contributed by atoms with Crippen molar-refractivity contribution in [3.8, 4) is 0 Å².